The smallest absolute Gasteiger partial charge is 0.278 e. The lowest BCUT2D eigenvalue weighted by Crippen LogP contribution is -2.64. The highest BCUT2D eigenvalue weighted by Crippen LogP contribution is 2.36. The second kappa shape index (κ2) is 7.95. The highest BCUT2D eigenvalue weighted by molar-refractivity contribution is 6.15. The fourth-order valence-electron chi connectivity index (χ4n) is 4.75. The Hall–Kier alpha value is -2.12. The lowest BCUT2D eigenvalue weighted by molar-refractivity contribution is -0.147. The molecule has 1 saturated heterocycles. The third-order valence-corrected chi connectivity index (χ3v) is 6.61. The van der Waals surface area contributed by atoms with E-state index >= 15 is 0 Å². The Morgan fingerprint density at radius 1 is 1.21 bits per heavy atom. The zero-order valence-electron chi connectivity index (χ0n) is 17.4. The van der Waals surface area contributed by atoms with Gasteiger partial charge in [0.05, 0.1) is 18.9 Å². The molecule has 1 aromatic carbocycles. The number of morpholine rings is 1. The molecule has 3 aliphatic rings. The number of benzene rings is 1. The van der Waals surface area contributed by atoms with Crippen LogP contribution >= 0.6 is 0 Å². The molecule has 0 aromatic heterocycles. The maximum absolute atomic E-state index is 13.1. The van der Waals surface area contributed by atoms with E-state index in [9.17, 15) is 9.59 Å². The summed E-state index contributed by atoms with van der Waals surface area (Å²) in [6.45, 7) is 7.25. The van der Waals surface area contributed by atoms with Gasteiger partial charge in [-0.1, -0.05) is 25.3 Å². The standard InChI is InChI=1S/C22H31N3O4/c1-16-6-7-18-17(14-16)24-20(27)21(2,29-18)19(26)23-15-22(8-4-3-5-9-22)25-10-12-28-13-11-25/h6-7,14H,3-5,8-13,15H2,1-2H3,(H,23,26)(H,24,27). The van der Waals surface area contributed by atoms with Gasteiger partial charge in [-0.05, 0) is 44.4 Å². The second-order valence-corrected chi connectivity index (χ2v) is 8.66. The van der Waals surface area contributed by atoms with E-state index < -0.39 is 11.5 Å². The fraction of sp³-hybridized carbons (Fsp3) is 0.636. The van der Waals surface area contributed by atoms with Crippen LogP contribution in [-0.2, 0) is 14.3 Å². The van der Waals surface area contributed by atoms with Gasteiger partial charge in [-0.2, -0.15) is 0 Å². The van der Waals surface area contributed by atoms with Gasteiger partial charge in [0.15, 0.2) is 0 Å². The van der Waals surface area contributed by atoms with Crippen molar-refractivity contribution >= 4 is 17.5 Å². The van der Waals surface area contributed by atoms with Gasteiger partial charge in [-0.15, -0.1) is 0 Å². The number of aryl methyl sites for hydroxylation is 1. The van der Waals surface area contributed by atoms with Crippen LogP contribution in [0.4, 0.5) is 5.69 Å². The highest BCUT2D eigenvalue weighted by Gasteiger charge is 2.48. The van der Waals surface area contributed by atoms with Gasteiger partial charge in [0, 0.05) is 25.2 Å². The zero-order chi connectivity index (χ0) is 20.5. The summed E-state index contributed by atoms with van der Waals surface area (Å²) in [6, 6.07) is 5.55. The van der Waals surface area contributed by atoms with Crippen LogP contribution in [0.3, 0.4) is 0 Å². The number of carbonyl (C=O) groups is 2. The molecule has 7 nitrogen and oxygen atoms in total. The number of ether oxygens (including phenoxy) is 2. The molecule has 0 spiro atoms. The molecule has 1 aromatic rings. The van der Waals surface area contributed by atoms with E-state index in [0.717, 1.165) is 57.6 Å². The van der Waals surface area contributed by atoms with Crippen molar-refractivity contribution < 1.29 is 19.1 Å². The van der Waals surface area contributed by atoms with Crippen LogP contribution in [0, 0.1) is 6.92 Å². The monoisotopic (exact) mass is 401 g/mol. The third-order valence-electron chi connectivity index (χ3n) is 6.61. The SMILES string of the molecule is Cc1ccc2c(c1)NC(=O)C(C)(C(=O)NCC1(N3CCOCC3)CCCCC1)O2. The molecular weight excluding hydrogens is 370 g/mol. The third kappa shape index (κ3) is 3.85. The Morgan fingerprint density at radius 2 is 1.93 bits per heavy atom. The van der Waals surface area contributed by atoms with Crippen LogP contribution in [0.25, 0.3) is 0 Å². The van der Waals surface area contributed by atoms with E-state index in [-0.39, 0.29) is 11.4 Å². The Morgan fingerprint density at radius 3 is 2.66 bits per heavy atom. The summed E-state index contributed by atoms with van der Waals surface area (Å²) in [7, 11) is 0. The molecule has 29 heavy (non-hydrogen) atoms. The quantitative estimate of drug-likeness (QED) is 0.757. The lowest BCUT2D eigenvalue weighted by atomic mass is 9.79. The molecule has 2 amide bonds. The number of hydrogen-bond acceptors (Lipinski definition) is 5. The minimum Gasteiger partial charge on any atom is -0.466 e. The normalized spacial score (nSPS) is 26.8. The summed E-state index contributed by atoms with van der Waals surface area (Å²) >= 11 is 0. The highest BCUT2D eigenvalue weighted by atomic mass is 16.5. The molecule has 158 valence electrons. The predicted molar refractivity (Wildman–Crippen MR) is 110 cm³/mol. The lowest BCUT2D eigenvalue weighted by Gasteiger charge is -2.48. The number of hydrogen-bond donors (Lipinski definition) is 2. The summed E-state index contributed by atoms with van der Waals surface area (Å²) < 4.78 is 11.4. The van der Waals surface area contributed by atoms with Crippen molar-refractivity contribution in [2.75, 3.05) is 38.2 Å². The van der Waals surface area contributed by atoms with E-state index in [1.807, 2.05) is 19.1 Å². The molecule has 0 radical (unpaired) electrons. The number of fused-ring (bicyclic) bond motifs is 1. The predicted octanol–water partition coefficient (Wildman–Crippen LogP) is 2.24. The maximum Gasteiger partial charge on any atom is 0.278 e. The van der Waals surface area contributed by atoms with E-state index in [0.29, 0.717) is 18.0 Å². The van der Waals surface area contributed by atoms with Crippen molar-refractivity contribution in [1.82, 2.24) is 10.2 Å². The van der Waals surface area contributed by atoms with E-state index in [2.05, 4.69) is 15.5 Å². The number of nitrogens with zero attached hydrogens (tertiary/aromatic N) is 1. The second-order valence-electron chi connectivity index (χ2n) is 8.66. The first-order valence-corrected chi connectivity index (χ1v) is 10.7. The molecule has 0 bridgehead atoms. The summed E-state index contributed by atoms with van der Waals surface area (Å²) in [4.78, 5) is 28.3. The Kier molecular flexibility index (Phi) is 5.53. The molecule has 7 heteroatoms. The van der Waals surface area contributed by atoms with Gasteiger partial charge >= 0.3 is 0 Å². The first kappa shape index (κ1) is 20.2. The molecule has 1 saturated carbocycles. The van der Waals surface area contributed by atoms with Gasteiger partial charge in [-0.3, -0.25) is 14.5 Å². The summed E-state index contributed by atoms with van der Waals surface area (Å²) in [5, 5.41) is 5.90. The van der Waals surface area contributed by atoms with Crippen LogP contribution in [-0.4, -0.2) is 60.7 Å². The van der Waals surface area contributed by atoms with Crippen molar-refractivity contribution in [2.45, 2.75) is 57.1 Å². The van der Waals surface area contributed by atoms with Crippen LogP contribution in [0.5, 0.6) is 5.75 Å². The van der Waals surface area contributed by atoms with Crippen molar-refractivity contribution in [3.05, 3.63) is 23.8 Å². The van der Waals surface area contributed by atoms with E-state index in [1.54, 1.807) is 13.0 Å². The zero-order valence-corrected chi connectivity index (χ0v) is 17.4. The van der Waals surface area contributed by atoms with E-state index in [1.165, 1.54) is 6.42 Å². The van der Waals surface area contributed by atoms with Crippen molar-refractivity contribution in [3.8, 4) is 5.75 Å². The van der Waals surface area contributed by atoms with E-state index in [4.69, 9.17) is 9.47 Å². The van der Waals surface area contributed by atoms with Crippen LogP contribution < -0.4 is 15.4 Å². The van der Waals surface area contributed by atoms with Gasteiger partial charge in [0.1, 0.15) is 5.75 Å². The number of rotatable bonds is 4. The van der Waals surface area contributed by atoms with Gasteiger partial charge < -0.3 is 20.1 Å². The fourth-order valence-corrected chi connectivity index (χ4v) is 4.75. The minimum atomic E-state index is -1.58. The Labute approximate surface area is 172 Å². The minimum absolute atomic E-state index is 0.0613. The summed E-state index contributed by atoms with van der Waals surface area (Å²) in [5.74, 6) is -0.301. The Bertz CT molecular complexity index is 784. The molecule has 2 heterocycles. The number of anilines is 1. The van der Waals surface area contributed by atoms with Crippen LogP contribution in [0.15, 0.2) is 18.2 Å². The molecule has 1 unspecified atom stereocenters. The molecule has 2 aliphatic heterocycles. The largest absolute Gasteiger partial charge is 0.466 e. The molecular formula is C22H31N3O4. The van der Waals surface area contributed by atoms with Crippen molar-refractivity contribution in [1.29, 1.82) is 0 Å². The van der Waals surface area contributed by atoms with Crippen molar-refractivity contribution in [2.24, 2.45) is 0 Å². The average Bonchev–Trinajstić information content (AvgIpc) is 2.74. The molecule has 2 fully saturated rings. The molecule has 2 N–H and O–H groups in total. The van der Waals surface area contributed by atoms with Crippen LogP contribution in [0.2, 0.25) is 0 Å². The Balaban J connectivity index is 1.48. The van der Waals surface area contributed by atoms with Gasteiger partial charge in [0.2, 0.25) is 0 Å². The number of nitrogens with one attached hydrogen (secondary N) is 2. The maximum atomic E-state index is 13.1. The number of amides is 2. The molecule has 4 rings (SSSR count). The van der Waals surface area contributed by atoms with Gasteiger partial charge in [0.25, 0.3) is 17.4 Å². The van der Waals surface area contributed by atoms with Crippen molar-refractivity contribution in [3.63, 3.8) is 0 Å². The summed E-state index contributed by atoms with van der Waals surface area (Å²) in [5.41, 5.74) is -0.0139. The first-order valence-electron chi connectivity index (χ1n) is 10.7. The topological polar surface area (TPSA) is 79.9 Å². The number of carbonyl (C=O) groups excluding carboxylic acids is 2. The molecule has 1 aliphatic carbocycles. The average molecular weight is 402 g/mol. The summed E-state index contributed by atoms with van der Waals surface area (Å²) in [6.07, 6.45) is 5.67. The first-order chi connectivity index (χ1) is 13.9. The van der Waals surface area contributed by atoms with Gasteiger partial charge in [-0.25, -0.2) is 0 Å². The molecule has 1 atom stereocenters. The van der Waals surface area contributed by atoms with Crippen LogP contribution in [0.1, 0.15) is 44.6 Å².